The number of amides is 1. The molecule has 0 radical (unpaired) electrons. The van der Waals surface area contributed by atoms with Crippen molar-refractivity contribution in [3.8, 4) is 0 Å². The van der Waals surface area contributed by atoms with E-state index in [1.54, 1.807) is 35.9 Å². The van der Waals surface area contributed by atoms with Crippen molar-refractivity contribution in [3.63, 3.8) is 0 Å². The summed E-state index contributed by atoms with van der Waals surface area (Å²) in [6.45, 7) is 1.17. The van der Waals surface area contributed by atoms with Gasteiger partial charge in [0.25, 0.3) is 11.5 Å². The smallest absolute Gasteiger partial charge is 0.262 e. The number of nitrogens with zero attached hydrogens (tertiary/aromatic N) is 2. The van der Waals surface area contributed by atoms with Gasteiger partial charge in [0.15, 0.2) is 5.16 Å². The molecule has 0 fully saturated rings. The third-order valence-corrected chi connectivity index (χ3v) is 6.28. The molecule has 0 spiro atoms. The molecule has 0 unspecified atom stereocenters. The van der Waals surface area contributed by atoms with Gasteiger partial charge in [0.05, 0.1) is 24.1 Å². The molecule has 1 heterocycles. The lowest BCUT2D eigenvalue weighted by atomic mass is 10.1. The molecule has 0 aliphatic heterocycles. The van der Waals surface area contributed by atoms with E-state index in [1.807, 2.05) is 36.4 Å². The maximum atomic E-state index is 13.6. The number of hydrogen-bond donors (Lipinski definition) is 1. The maximum Gasteiger partial charge on any atom is 0.262 e. The topological polar surface area (TPSA) is 73.2 Å². The van der Waals surface area contributed by atoms with Crippen molar-refractivity contribution in [1.29, 1.82) is 0 Å². The Kier molecular flexibility index (Phi) is 7.72. The van der Waals surface area contributed by atoms with Crippen LogP contribution in [0, 0.1) is 5.82 Å². The van der Waals surface area contributed by atoms with Gasteiger partial charge in [-0.2, -0.15) is 0 Å². The van der Waals surface area contributed by atoms with E-state index in [0.29, 0.717) is 47.1 Å². The molecule has 0 saturated carbocycles. The molecule has 4 rings (SSSR count). The summed E-state index contributed by atoms with van der Waals surface area (Å²) in [6.07, 6.45) is 0. The number of ether oxygens (including phenoxy) is 1. The third-order valence-electron chi connectivity index (χ3n) is 5.23. The number of aromatic nitrogens is 2. The summed E-state index contributed by atoms with van der Waals surface area (Å²) < 4.78 is 20.2. The van der Waals surface area contributed by atoms with Gasteiger partial charge in [-0.15, -0.1) is 0 Å². The number of halogens is 1. The van der Waals surface area contributed by atoms with Gasteiger partial charge in [-0.1, -0.05) is 48.2 Å². The van der Waals surface area contributed by atoms with Crippen LogP contribution in [-0.2, 0) is 17.0 Å². The molecule has 1 N–H and O–H groups in total. The highest BCUT2D eigenvalue weighted by molar-refractivity contribution is 7.98. The van der Waals surface area contributed by atoms with Crippen LogP contribution in [0.25, 0.3) is 10.9 Å². The zero-order valence-corrected chi connectivity index (χ0v) is 19.5. The molecule has 0 saturated heterocycles. The SMILES string of the molecule is COCCNC(=O)c1ccc(Cn2c(SCc3cccc(F)c3)nc3ccccc3c2=O)cc1. The number of para-hydroxylation sites is 1. The number of hydrogen-bond acceptors (Lipinski definition) is 5. The fourth-order valence-corrected chi connectivity index (χ4v) is 4.43. The van der Waals surface area contributed by atoms with E-state index in [4.69, 9.17) is 9.72 Å². The van der Waals surface area contributed by atoms with Crippen LogP contribution in [0.4, 0.5) is 4.39 Å². The summed E-state index contributed by atoms with van der Waals surface area (Å²) in [4.78, 5) is 30.3. The van der Waals surface area contributed by atoms with Crippen LogP contribution in [0.3, 0.4) is 0 Å². The summed E-state index contributed by atoms with van der Waals surface area (Å²) in [6, 6.07) is 20.7. The largest absolute Gasteiger partial charge is 0.383 e. The molecule has 174 valence electrons. The zero-order chi connectivity index (χ0) is 23.9. The number of carbonyl (C=O) groups excluding carboxylic acids is 1. The Bertz CT molecular complexity index is 1360. The van der Waals surface area contributed by atoms with Crippen molar-refractivity contribution in [1.82, 2.24) is 14.9 Å². The van der Waals surface area contributed by atoms with Crippen molar-refractivity contribution in [2.24, 2.45) is 0 Å². The highest BCUT2D eigenvalue weighted by Gasteiger charge is 2.13. The lowest BCUT2D eigenvalue weighted by Gasteiger charge is -2.14. The molecule has 34 heavy (non-hydrogen) atoms. The second kappa shape index (κ2) is 11.1. The normalized spacial score (nSPS) is 11.0. The molecule has 6 nitrogen and oxygen atoms in total. The predicted molar refractivity (Wildman–Crippen MR) is 132 cm³/mol. The summed E-state index contributed by atoms with van der Waals surface area (Å²) in [7, 11) is 1.58. The van der Waals surface area contributed by atoms with Crippen molar-refractivity contribution >= 4 is 28.6 Å². The second-order valence-corrected chi connectivity index (χ2v) is 8.61. The van der Waals surface area contributed by atoms with Gasteiger partial charge in [-0.25, -0.2) is 9.37 Å². The summed E-state index contributed by atoms with van der Waals surface area (Å²) in [5.74, 6) is -0.00358. The highest BCUT2D eigenvalue weighted by Crippen LogP contribution is 2.23. The number of nitrogens with one attached hydrogen (secondary N) is 1. The lowest BCUT2D eigenvalue weighted by molar-refractivity contribution is 0.0937. The number of methoxy groups -OCH3 is 1. The molecule has 0 aliphatic carbocycles. The number of thioether (sulfide) groups is 1. The van der Waals surface area contributed by atoms with Gasteiger partial charge in [0.1, 0.15) is 5.82 Å². The van der Waals surface area contributed by atoms with Gasteiger partial charge in [0, 0.05) is 25.0 Å². The Hall–Kier alpha value is -3.49. The predicted octanol–water partition coefficient (Wildman–Crippen LogP) is 4.25. The number of benzene rings is 3. The van der Waals surface area contributed by atoms with Gasteiger partial charge in [-0.3, -0.25) is 14.2 Å². The fourth-order valence-electron chi connectivity index (χ4n) is 3.48. The molecule has 3 aromatic carbocycles. The van der Waals surface area contributed by atoms with Gasteiger partial charge >= 0.3 is 0 Å². The van der Waals surface area contributed by atoms with E-state index >= 15 is 0 Å². The lowest BCUT2D eigenvalue weighted by Crippen LogP contribution is -2.27. The molecule has 1 aromatic heterocycles. The molecular weight excluding hydrogens is 453 g/mol. The number of rotatable bonds is 9. The van der Waals surface area contributed by atoms with E-state index < -0.39 is 0 Å². The summed E-state index contributed by atoms with van der Waals surface area (Å²) in [5, 5.41) is 3.87. The minimum atomic E-state index is -0.298. The van der Waals surface area contributed by atoms with Crippen LogP contribution in [0.2, 0.25) is 0 Å². The maximum absolute atomic E-state index is 13.6. The summed E-state index contributed by atoms with van der Waals surface area (Å²) >= 11 is 1.39. The number of carbonyl (C=O) groups is 1. The van der Waals surface area contributed by atoms with Gasteiger partial charge in [-0.05, 0) is 47.5 Å². The van der Waals surface area contributed by atoms with Crippen LogP contribution in [0.5, 0.6) is 0 Å². The van der Waals surface area contributed by atoms with Crippen molar-refractivity contribution in [3.05, 3.63) is 106 Å². The van der Waals surface area contributed by atoms with Crippen LogP contribution in [0.1, 0.15) is 21.5 Å². The van der Waals surface area contributed by atoms with E-state index in [-0.39, 0.29) is 17.3 Å². The fraction of sp³-hybridized carbons (Fsp3) is 0.192. The van der Waals surface area contributed by atoms with E-state index in [2.05, 4.69) is 5.32 Å². The van der Waals surface area contributed by atoms with E-state index in [9.17, 15) is 14.0 Å². The quantitative estimate of drug-likeness (QED) is 0.222. The Morgan fingerprint density at radius 2 is 1.85 bits per heavy atom. The Morgan fingerprint density at radius 3 is 2.62 bits per heavy atom. The van der Waals surface area contributed by atoms with Crippen LogP contribution >= 0.6 is 11.8 Å². The first-order valence-corrected chi connectivity index (χ1v) is 11.8. The van der Waals surface area contributed by atoms with Crippen LogP contribution < -0.4 is 10.9 Å². The van der Waals surface area contributed by atoms with E-state index in [1.165, 1.54) is 23.9 Å². The Balaban J connectivity index is 1.60. The minimum absolute atomic E-state index is 0.145. The van der Waals surface area contributed by atoms with Crippen molar-refractivity contribution in [2.75, 3.05) is 20.3 Å². The average Bonchev–Trinajstić information content (AvgIpc) is 2.85. The molecule has 0 atom stereocenters. The van der Waals surface area contributed by atoms with Crippen molar-refractivity contribution in [2.45, 2.75) is 17.5 Å². The Labute approximate surface area is 200 Å². The standard InChI is InChI=1S/C26H24FN3O3S/c1-33-14-13-28-24(31)20-11-9-18(10-12-20)16-30-25(32)22-7-2-3-8-23(22)29-26(30)34-17-19-5-4-6-21(27)15-19/h2-12,15H,13-14,16-17H2,1H3,(H,28,31). The third kappa shape index (κ3) is 5.70. The Morgan fingerprint density at radius 1 is 1.06 bits per heavy atom. The second-order valence-electron chi connectivity index (χ2n) is 7.67. The van der Waals surface area contributed by atoms with E-state index in [0.717, 1.165) is 11.1 Å². The first-order chi connectivity index (χ1) is 16.5. The van der Waals surface area contributed by atoms with Crippen LogP contribution in [-0.4, -0.2) is 35.7 Å². The van der Waals surface area contributed by atoms with Gasteiger partial charge in [0.2, 0.25) is 0 Å². The van der Waals surface area contributed by atoms with Crippen molar-refractivity contribution < 1.29 is 13.9 Å². The first kappa shape index (κ1) is 23.7. The molecule has 1 amide bonds. The molecule has 0 aliphatic rings. The minimum Gasteiger partial charge on any atom is -0.383 e. The molecule has 8 heteroatoms. The first-order valence-electron chi connectivity index (χ1n) is 10.8. The van der Waals surface area contributed by atoms with Crippen LogP contribution in [0.15, 0.2) is 82.7 Å². The zero-order valence-electron chi connectivity index (χ0n) is 18.7. The van der Waals surface area contributed by atoms with Gasteiger partial charge < -0.3 is 10.1 Å². The highest BCUT2D eigenvalue weighted by atomic mass is 32.2. The summed E-state index contributed by atoms with van der Waals surface area (Å²) in [5.41, 5.74) is 2.68. The molecule has 4 aromatic rings. The molecular formula is C26H24FN3O3S. The monoisotopic (exact) mass is 477 g/mol. The average molecular weight is 478 g/mol. The molecule has 0 bridgehead atoms. The number of fused-ring (bicyclic) bond motifs is 1.